The number of nitrogens with two attached hydrogens (primary N) is 1. The number of nitrogens with zero attached hydrogens (tertiary/aromatic N) is 2. The second-order valence-corrected chi connectivity index (χ2v) is 4.66. The van der Waals surface area contributed by atoms with Crippen LogP contribution in [0.15, 0.2) is 41.5 Å². The summed E-state index contributed by atoms with van der Waals surface area (Å²) in [6.45, 7) is 1.33. The Morgan fingerprint density at radius 2 is 2.26 bits per heavy atom. The molecule has 5 nitrogen and oxygen atoms in total. The van der Waals surface area contributed by atoms with Crippen LogP contribution < -0.4 is 16.2 Å². The van der Waals surface area contributed by atoms with Crippen LogP contribution in [0.5, 0.6) is 0 Å². The van der Waals surface area contributed by atoms with Crippen molar-refractivity contribution < 1.29 is 0 Å². The van der Waals surface area contributed by atoms with Crippen LogP contribution in [0.4, 0.5) is 5.82 Å². The Kier molecular flexibility index (Phi) is 3.05. The topological polar surface area (TPSA) is 75.0 Å². The molecule has 1 aromatic heterocycles. The molecule has 1 aliphatic heterocycles. The molecule has 0 spiro atoms. The summed E-state index contributed by atoms with van der Waals surface area (Å²) < 4.78 is 0. The average molecular weight is 256 g/mol. The summed E-state index contributed by atoms with van der Waals surface area (Å²) in [6.07, 6.45) is 2.38. The highest BCUT2D eigenvalue weighted by Crippen LogP contribution is 2.31. The molecule has 3 rings (SSSR count). The van der Waals surface area contributed by atoms with E-state index >= 15 is 0 Å². The largest absolute Gasteiger partial charge is 0.348 e. The lowest BCUT2D eigenvalue weighted by atomic mass is 9.92. The number of aromatic nitrogens is 2. The molecule has 3 N–H and O–H groups in total. The van der Waals surface area contributed by atoms with E-state index in [9.17, 15) is 4.79 Å². The summed E-state index contributed by atoms with van der Waals surface area (Å²) >= 11 is 0. The van der Waals surface area contributed by atoms with Crippen LogP contribution in [-0.2, 0) is 6.42 Å². The molecule has 0 aliphatic carbocycles. The fraction of sp³-hybridized carbons (Fsp3) is 0.286. The van der Waals surface area contributed by atoms with Gasteiger partial charge in [0.05, 0.1) is 12.4 Å². The number of anilines is 1. The third kappa shape index (κ3) is 2.13. The van der Waals surface area contributed by atoms with Crippen molar-refractivity contribution >= 4 is 5.82 Å². The molecular formula is C14H16N4O. The van der Waals surface area contributed by atoms with Gasteiger partial charge in [0.2, 0.25) is 0 Å². The first-order valence-corrected chi connectivity index (χ1v) is 6.39. The number of aromatic amines is 1. The van der Waals surface area contributed by atoms with Gasteiger partial charge in [0.25, 0.3) is 5.56 Å². The summed E-state index contributed by atoms with van der Waals surface area (Å²) in [5.74, 6) is 0.689. The van der Waals surface area contributed by atoms with Crippen molar-refractivity contribution in [3.63, 3.8) is 0 Å². The molecule has 1 aromatic carbocycles. The molecule has 0 saturated carbocycles. The van der Waals surface area contributed by atoms with Gasteiger partial charge in [-0.05, 0) is 17.5 Å². The van der Waals surface area contributed by atoms with Gasteiger partial charge in [-0.15, -0.1) is 0 Å². The summed E-state index contributed by atoms with van der Waals surface area (Å²) in [6, 6.07) is 9.92. The fourth-order valence-electron chi connectivity index (χ4n) is 2.70. The van der Waals surface area contributed by atoms with Gasteiger partial charge in [-0.3, -0.25) is 4.79 Å². The molecule has 1 aliphatic rings. The van der Waals surface area contributed by atoms with E-state index in [-0.39, 0.29) is 11.6 Å². The fourth-order valence-corrected chi connectivity index (χ4v) is 2.70. The lowest BCUT2D eigenvalue weighted by molar-refractivity contribution is 0.583. The molecule has 19 heavy (non-hydrogen) atoms. The number of benzene rings is 1. The number of fused-ring (bicyclic) bond motifs is 1. The minimum Gasteiger partial charge on any atom is -0.348 e. The highest BCUT2D eigenvalue weighted by molar-refractivity contribution is 5.47. The smallest absolute Gasteiger partial charge is 0.252 e. The number of rotatable bonds is 2. The van der Waals surface area contributed by atoms with E-state index in [1.165, 1.54) is 23.5 Å². The lowest BCUT2D eigenvalue weighted by Crippen LogP contribution is -2.40. The summed E-state index contributed by atoms with van der Waals surface area (Å²) in [5, 5.41) is 0. The molecule has 0 saturated heterocycles. The maximum Gasteiger partial charge on any atom is 0.252 e. The number of nitrogens with one attached hydrogen (secondary N) is 1. The van der Waals surface area contributed by atoms with Crippen molar-refractivity contribution in [1.82, 2.24) is 9.97 Å². The van der Waals surface area contributed by atoms with E-state index in [0.717, 1.165) is 13.0 Å². The minimum absolute atomic E-state index is 0.0826. The number of hydrogen-bond donors (Lipinski definition) is 2. The molecule has 0 radical (unpaired) electrons. The highest BCUT2D eigenvalue weighted by Gasteiger charge is 2.26. The minimum atomic E-state index is -0.139. The predicted octanol–water partition coefficient (Wildman–Crippen LogP) is 0.832. The van der Waals surface area contributed by atoms with E-state index < -0.39 is 0 Å². The monoisotopic (exact) mass is 256 g/mol. The molecule has 0 fully saturated rings. The second-order valence-electron chi connectivity index (χ2n) is 4.66. The molecule has 2 heterocycles. The van der Waals surface area contributed by atoms with E-state index in [0.29, 0.717) is 12.4 Å². The lowest BCUT2D eigenvalue weighted by Gasteiger charge is -2.37. The van der Waals surface area contributed by atoms with Crippen LogP contribution in [0.2, 0.25) is 0 Å². The van der Waals surface area contributed by atoms with Gasteiger partial charge in [-0.25, -0.2) is 4.98 Å². The third-order valence-electron chi connectivity index (χ3n) is 3.59. The van der Waals surface area contributed by atoms with Crippen molar-refractivity contribution in [2.24, 2.45) is 5.73 Å². The zero-order chi connectivity index (χ0) is 13.2. The summed E-state index contributed by atoms with van der Waals surface area (Å²) in [5.41, 5.74) is 8.36. The molecule has 5 heteroatoms. The van der Waals surface area contributed by atoms with Gasteiger partial charge in [0.1, 0.15) is 5.82 Å². The van der Waals surface area contributed by atoms with Crippen molar-refractivity contribution in [2.45, 2.75) is 12.5 Å². The van der Waals surface area contributed by atoms with Crippen LogP contribution >= 0.6 is 0 Å². The Morgan fingerprint density at radius 1 is 1.42 bits per heavy atom. The van der Waals surface area contributed by atoms with E-state index in [1.807, 2.05) is 12.1 Å². The second kappa shape index (κ2) is 4.85. The maximum atomic E-state index is 11.4. The van der Waals surface area contributed by atoms with Gasteiger partial charge in [-0.2, -0.15) is 0 Å². The molecule has 0 bridgehead atoms. The molecule has 1 unspecified atom stereocenters. The first-order chi connectivity index (χ1) is 9.29. The van der Waals surface area contributed by atoms with E-state index in [2.05, 4.69) is 27.0 Å². The Morgan fingerprint density at radius 3 is 3.05 bits per heavy atom. The average Bonchev–Trinajstić information content (AvgIpc) is 2.46. The Hall–Kier alpha value is -2.14. The maximum absolute atomic E-state index is 11.4. The normalized spacial score (nSPS) is 18.2. The summed E-state index contributed by atoms with van der Waals surface area (Å²) in [4.78, 5) is 20.3. The first kappa shape index (κ1) is 11.9. The quantitative estimate of drug-likeness (QED) is 0.834. The van der Waals surface area contributed by atoms with Crippen molar-refractivity contribution in [2.75, 3.05) is 18.0 Å². The number of H-pyrrole nitrogens is 1. The summed E-state index contributed by atoms with van der Waals surface area (Å²) in [7, 11) is 0. The van der Waals surface area contributed by atoms with Crippen LogP contribution in [-0.4, -0.2) is 23.1 Å². The van der Waals surface area contributed by atoms with E-state index in [4.69, 9.17) is 5.73 Å². The van der Waals surface area contributed by atoms with Crippen LogP contribution in [0.3, 0.4) is 0 Å². The Balaban J connectivity index is 2.03. The van der Waals surface area contributed by atoms with Crippen LogP contribution in [0.1, 0.15) is 17.2 Å². The number of hydrogen-bond acceptors (Lipinski definition) is 4. The highest BCUT2D eigenvalue weighted by atomic mass is 16.1. The molecular weight excluding hydrogens is 240 g/mol. The van der Waals surface area contributed by atoms with Crippen LogP contribution in [0, 0.1) is 0 Å². The van der Waals surface area contributed by atoms with Gasteiger partial charge in [-0.1, -0.05) is 24.3 Å². The first-order valence-electron chi connectivity index (χ1n) is 6.39. The Bertz CT molecular complexity index is 637. The van der Waals surface area contributed by atoms with Gasteiger partial charge < -0.3 is 15.6 Å². The zero-order valence-electron chi connectivity index (χ0n) is 10.5. The van der Waals surface area contributed by atoms with E-state index in [1.54, 1.807) is 0 Å². The van der Waals surface area contributed by atoms with Crippen molar-refractivity contribution in [1.29, 1.82) is 0 Å². The molecule has 1 atom stereocenters. The van der Waals surface area contributed by atoms with Gasteiger partial charge in [0.15, 0.2) is 0 Å². The van der Waals surface area contributed by atoms with Crippen molar-refractivity contribution in [3.05, 3.63) is 58.1 Å². The predicted molar refractivity (Wildman–Crippen MR) is 74.1 cm³/mol. The van der Waals surface area contributed by atoms with Gasteiger partial charge in [0, 0.05) is 19.2 Å². The Labute approximate surface area is 111 Å². The molecule has 0 amide bonds. The van der Waals surface area contributed by atoms with Crippen LogP contribution in [0.25, 0.3) is 0 Å². The van der Waals surface area contributed by atoms with Crippen molar-refractivity contribution in [3.8, 4) is 0 Å². The SMILES string of the molecule is NCC1c2ccccc2CCN1c1cc(=O)[nH]cn1. The standard InChI is InChI=1S/C14H16N4O/c15-8-12-11-4-2-1-3-10(11)5-6-18(12)13-7-14(19)17-9-16-13/h1-4,7,9,12H,5-6,8,15H2,(H,16,17,19). The zero-order valence-corrected chi connectivity index (χ0v) is 10.5. The van der Waals surface area contributed by atoms with Gasteiger partial charge >= 0.3 is 0 Å². The molecule has 2 aromatic rings. The molecule has 98 valence electrons. The third-order valence-corrected chi connectivity index (χ3v) is 3.59.